The van der Waals surface area contributed by atoms with E-state index in [1.165, 1.54) is 19.2 Å². The molecule has 0 spiro atoms. The Bertz CT molecular complexity index is 311. The first-order valence-corrected chi connectivity index (χ1v) is 3.32. The maximum atomic E-state index is 10.5. The van der Waals surface area contributed by atoms with Gasteiger partial charge >= 0.3 is 5.97 Å². The van der Waals surface area contributed by atoms with Crippen LogP contribution in [0.5, 0.6) is 5.75 Å². The van der Waals surface area contributed by atoms with Gasteiger partial charge in [0.1, 0.15) is 5.75 Å². The maximum Gasteiger partial charge on any atom is 0.337 e. The minimum atomic E-state index is -1.03. The fourth-order valence-electron chi connectivity index (χ4n) is 0.863. The molecule has 0 atom stereocenters. The van der Waals surface area contributed by atoms with Crippen molar-refractivity contribution in [2.45, 2.75) is 0 Å². The molecule has 72 valence electrons. The molecule has 0 amide bonds. The highest BCUT2D eigenvalue weighted by Crippen LogP contribution is 2.19. The number of carboxylic acids is 1. The lowest BCUT2D eigenvalue weighted by atomic mass is 10.2. The molecule has 5 heteroatoms. The highest BCUT2D eigenvalue weighted by Gasteiger charge is 2.07. The second-order valence-corrected chi connectivity index (χ2v) is 2.26. The minimum absolute atomic E-state index is 0. The maximum absolute atomic E-state index is 10.5. The molecule has 0 unspecified atom stereocenters. The molecule has 0 fully saturated rings. The Morgan fingerprint density at radius 2 is 2.15 bits per heavy atom. The first kappa shape index (κ1) is 11.2. The van der Waals surface area contributed by atoms with Gasteiger partial charge in [-0.15, -0.1) is 0 Å². The number of carbonyl (C=O) groups is 1. The van der Waals surface area contributed by atoms with Crippen LogP contribution in [0.1, 0.15) is 10.4 Å². The Labute approximate surface area is 75.1 Å². The lowest BCUT2D eigenvalue weighted by Crippen LogP contribution is -2.02. The normalized spacial score (nSPS) is 8.69. The van der Waals surface area contributed by atoms with E-state index in [0.717, 1.165) is 0 Å². The smallest absolute Gasteiger partial charge is 0.337 e. The van der Waals surface area contributed by atoms with Crippen LogP contribution >= 0.6 is 0 Å². The van der Waals surface area contributed by atoms with Crippen molar-refractivity contribution in [2.24, 2.45) is 0 Å². The van der Waals surface area contributed by atoms with Gasteiger partial charge in [0, 0.05) is 11.8 Å². The van der Waals surface area contributed by atoms with E-state index in [0.29, 0.717) is 5.75 Å². The Hall–Kier alpha value is -1.75. The van der Waals surface area contributed by atoms with Crippen molar-refractivity contribution in [1.82, 2.24) is 0 Å². The topological polar surface area (TPSA) is 104 Å². The molecule has 5 N–H and O–H groups in total. The van der Waals surface area contributed by atoms with Crippen LogP contribution in [0, 0.1) is 0 Å². The van der Waals surface area contributed by atoms with Gasteiger partial charge in [-0.3, -0.25) is 0 Å². The van der Waals surface area contributed by atoms with E-state index in [9.17, 15) is 4.79 Å². The summed E-state index contributed by atoms with van der Waals surface area (Å²) in [6.45, 7) is 0. The lowest BCUT2D eigenvalue weighted by Gasteiger charge is -2.03. The molecule has 0 aliphatic rings. The molecule has 13 heavy (non-hydrogen) atoms. The number of nitrogen functional groups attached to an aromatic ring is 1. The van der Waals surface area contributed by atoms with Gasteiger partial charge in [0.2, 0.25) is 0 Å². The van der Waals surface area contributed by atoms with Crippen LogP contribution in [0.3, 0.4) is 0 Å². The zero-order chi connectivity index (χ0) is 9.14. The van der Waals surface area contributed by atoms with Crippen molar-refractivity contribution in [3.05, 3.63) is 23.8 Å². The predicted molar refractivity (Wildman–Crippen MR) is 48.0 cm³/mol. The van der Waals surface area contributed by atoms with Gasteiger partial charge < -0.3 is 21.1 Å². The first-order valence-electron chi connectivity index (χ1n) is 3.32. The van der Waals surface area contributed by atoms with E-state index < -0.39 is 5.97 Å². The number of benzene rings is 1. The van der Waals surface area contributed by atoms with Gasteiger partial charge in [-0.05, 0) is 12.1 Å². The average Bonchev–Trinajstić information content (AvgIpc) is 2.03. The second-order valence-electron chi connectivity index (χ2n) is 2.26. The molecule has 0 aliphatic carbocycles. The van der Waals surface area contributed by atoms with E-state index in [4.69, 9.17) is 15.6 Å². The summed E-state index contributed by atoms with van der Waals surface area (Å²) in [6, 6.07) is 4.44. The predicted octanol–water partition coefficient (Wildman–Crippen LogP) is 0.151. The summed E-state index contributed by atoms with van der Waals surface area (Å²) in [5, 5.41) is 8.61. The van der Waals surface area contributed by atoms with Crippen molar-refractivity contribution in [3.8, 4) is 5.75 Å². The van der Waals surface area contributed by atoms with Crippen molar-refractivity contribution < 1.29 is 20.1 Å². The van der Waals surface area contributed by atoms with Crippen LogP contribution in [-0.2, 0) is 0 Å². The van der Waals surface area contributed by atoms with Crippen LogP contribution in [0.25, 0.3) is 0 Å². The zero-order valence-corrected chi connectivity index (χ0v) is 7.07. The second kappa shape index (κ2) is 4.32. The Morgan fingerprint density at radius 3 is 2.54 bits per heavy atom. The summed E-state index contributed by atoms with van der Waals surface area (Å²) >= 11 is 0. The van der Waals surface area contributed by atoms with E-state index >= 15 is 0 Å². The van der Waals surface area contributed by atoms with Crippen LogP contribution in [0.2, 0.25) is 0 Å². The molecule has 1 aromatic rings. The molecular weight excluding hydrogens is 174 g/mol. The minimum Gasteiger partial charge on any atom is -0.497 e. The summed E-state index contributed by atoms with van der Waals surface area (Å²) in [5.74, 6) is -0.479. The quantitative estimate of drug-likeness (QED) is 0.640. The summed E-state index contributed by atoms with van der Waals surface area (Å²) in [4.78, 5) is 10.5. The third-order valence-corrected chi connectivity index (χ3v) is 1.49. The summed E-state index contributed by atoms with van der Waals surface area (Å²) in [6.07, 6.45) is 0. The standard InChI is InChI=1S/C8H9NO3.H2O/c1-12-5-2-3-6(8(10)11)7(9)4-5;/h2-4H,9H2,1H3,(H,10,11);1H2. The number of rotatable bonds is 2. The van der Waals surface area contributed by atoms with Crippen LogP contribution in [0.4, 0.5) is 5.69 Å². The molecule has 0 saturated carbocycles. The molecular formula is C8H11NO4. The number of carboxylic acid groups (broad SMARTS) is 1. The largest absolute Gasteiger partial charge is 0.497 e. The van der Waals surface area contributed by atoms with Crippen molar-refractivity contribution >= 4 is 11.7 Å². The summed E-state index contributed by atoms with van der Waals surface area (Å²) in [7, 11) is 1.50. The van der Waals surface area contributed by atoms with E-state index in [-0.39, 0.29) is 16.7 Å². The third-order valence-electron chi connectivity index (χ3n) is 1.49. The number of anilines is 1. The van der Waals surface area contributed by atoms with Gasteiger partial charge in [0.25, 0.3) is 0 Å². The Morgan fingerprint density at radius 1 is 1.54 bits per heavy atom. The molecule has 0 radical (unpaired) electrons. The van der Waals surface area contributed by atoms with Gasteiger partial charge in [0.15, 0.2) is 0 Å². The zero-order valence-electron chi connectivity index (χ0n) is 7.07. The molecule has 1 aromatic carbocycles. The fourth-order valence-corrected chi connectivity index (χ4v) is 0.863. The molecule has 0 saturated heterocycles. The van der Waals surface area contributed by atoms with E-state index in [1.807, 2.05) is 0 Å². The highest BCUT2D eigenvalue weighted by atomic mass is 16.5. The monoisotopic (exact) mass is 185 g/mol. The molecule has 1 rings (SSSR count). The summed E-state index contributed by atoms with van der Waals surface area (Å²) in [5.41, 5.74) is 5.74. The number of methoxy groups -OCH3 is 1. The van der Waals surface area contributed by atoms with Crippen molar-refractivity contribution in [2.75, 3.05) is 12.8 Å². The third kappa shape index (κ3) is 2.34. The number of hydrogen-bond acceptors (Lipinski definition) is 3. The molecule has 0 aliphatic heterocycles. The number of hydrogen-bond donors (Lipinski definition) is 2. The fraction of sp³-hybridized carbons (Fsp3) is 0.125. The molecule has 0 aromatic heterocycles. The van der Waals surface area contributed by atoms with E-state index in [1.54, 1.807) is 6.07 Å². The number of nitrogens with two attached hydrogens (primary N) is 1. The SMILES string of the molecule is COc1ccc(C(=O)O)c(N)c1.O. The summed E-state index contributed by atoms with van der Waals surface area (Å²) < 4.78 is 4.86. The number of aromatic carboxylic acids is 1. The van der Waals surface area contributed by atoms with Gasteiger partial charge in [-0.25, -0.2) is 4.79 Å². The molecule has 0 heterocycles. The van der Waals surface area contributed by atoms with Crippen LogP contribution in [-0.4, -0.2) is 23.7 Å². The van der Waals surface area contributed by atoms with Gasteiger partial charge in [-0.1, -0.05) is 0 Å². The highest BCUT2D eigenvalue weighted by molar-refractivity contribution is 5.93. The number of ether oxygens (including phenoxy) is 1. The Kier molecular flexibility index (Phi) is 3.74. The Balaban J connectivity index is 0.00000144. The van der Waals surface area contributed by atoms with Crippen molar-refractivity contribution in [3.63, 3.8) is 0 Å². The van der Waals surface area contributed by atoms with Crippen LogP contribution in [0.15, 0.2) is 18.2 Å². The average molecular weight is 185 g/mol. The van der Waals surface area contributed by atoms with E-state index in [2.05, 4.69) is 0 Å². The van der Waals surface area contributed by atoms with Crippen LogP contribution < -0.4 is 10.5 Å². The molecule has 0 bridgehead atoms. The van der Waals surface area contributed by atoms with Gasteiger partial charge in [0.05, 0.1) is 12.7 Å². The molecule has 5 nitrogen and oxygen atoms in total. The van der Waals surface area contributed by atoms with Crippen molar-refractivity contribution in [1.29, 1.82) is 0 Å². The van der Waals surface area contributed by atoms with Gasteiger partial charge in [-0.2, -0.15) is 0 Å². The first-order chi connectivity index (χ1) is 5.65. The lowest BCUT2D eigenvalue weighted by molar-refractivity contribution is 0.0698.